The van der Waals surface area contributed by atoms with Crippen LogP contribution in [0.3, 0.4) is 0 Å². The molecule has 1 aromatic heterocycles. The molecule has 0 atom stereocenters. The van der Waals surface area contributed by atoms with Crippen LogP contribution in [0.2, 0.25) is 0 Å². The van der Waals surface area contributed by atoms with E-state index in [-0.39, 0.29) is 11.8 Å². The molecule has 3 rings (SSSR count). The van der Waals surface area contributed by atoms with Gasteiger partial charge in [0, 0.05) is 36.7 Å². The molecule has 2 N–H and O–H groups in total. The molecule has 0 unspecified atom stereocenters. The molecule has 0 saturated carbocycles. The maximum Gasteiger partial charge on any atom is 0.251 e. The number of anilines is 1. The third kappa shape index (κ3) is 4.67. The van der Waals surface area contributed by atoms with Crippen LogP contribution in [0.1, 0.15) is 42.5 Å². The Morgan fingerprint density at radius 1 is 1.13 bits per heavy atom. The lowest BCUT2D eigenvalue weighted by Gasteiger charge is -2.17. The van der Waals surface area contributed by atoms with Crippen molar-refractivity contribution in [3.63, 3.8) is 0 Å². The maximum absolute atomic E-state index is 13.7. The highest BCUT2D eigenvalue weighted by atomic mass is 19.1. The molecule has 30 heavy (non-hydrogen) atoms. The Labute approximate surface area is 175 Å². The molecular formula is C23H27FN4O2. The number of benzene rings is 2. The summed E-state index contributed by atoms with van der Waals surface area (Å²) in [6, 6.07) is 10.0. The molecule has 0 bridgehead atoms. The van der Waals surface area contributed by atoms with E-state index in [1.807, 2.05) is 50.6 Å². The second kappa shape index (κ2) is 8.26. The molecule has 1 heterocycles. The number of carbonyl (C=O) groups excluding carboxylic acids is 2. The number of fused-ring (bicyclic) bond motifs is 1. The fourth-order valence-electron chi connectivity index (χ4n) is 2.99. The summed E-state index contributed by atoms with van der Waals surface area (Å²) in [5.74, 6) is 0.0279. The van der Waals surface area contributed by atoms with Gasteiger partial charge in [-0.1, -0.05) is 26.8 Å². The summed E-state index contributed by atoms with van der Waals surface area (Å²) in [7, 11) is 1.91. The van der Waals surface area contributed by atoms with Gasteiger partial charge in [0.05, 0.1) is 11.0 Å². The van der Waals surface area contributed by atoms with Gasteiger partial charge in [-0.05, 0) is 42.8 Å². The number of hydrogen-bond donors (Lipinski definition) is 2. The third-order valence-electron chi connectivity index (χ3n) is 4.98. The molecule has 158 valence electrons. The summed E-state index contributed by atoms with van der Waals surface area (Å²) in [4.78, 5) is 29.1. The van der Waals surface area contributed by atoms with Crippen LogP contribution in [0.15, 0.2) is 36.4 Å². The maximum atomic E-state index is 13.7. The van der Waals surface area contributed by atoms with Crippen molar-refractivity contribution in [1.82, 2.24) is 14.9 Å². The van der Waals surface area contributed by atoms with E-state index in [1.54, 1.807) is 19.1 Å². The molecular weight excluding hydrogens is 383 g/mol. The number of aromatic nitrogens is 2. The lowest BCUT2D eigenvalue weighted by molar-refractivity contribution is -0.123. The van der Waals surface area contributed by atoms with E-state index >= 15 is 0 Å². The first-order valence-corrected chi connectivity index (χ1v) is 9.87. The highest BCUT2D eigenvalue weighted by Gasteiger charge is 2.21. The summed E-state index contributed by atoms with van der Waals surface area (Å²) in [6.45, 7) is 7.61. The number of imidazole rings is 1. The highest BCUT2D eigenvalue weighted by Crippen LogP contribution is 2.22. The van der Waals surface area contributed by atoms with Gasteiger partial charge in [-0.3, -0.25) is 9.59 Å². The van der Waals surface area contributed by atoms with Gasteiger partial charge in [0.2, 0.25) is 5.91 Å². The van der Waals surface area contributed by atoms with Crippen molar-refractivity contribution in [3.05, 3.63) is 59.2 Å². The summed E-state index contributed by atoms with van der Waals surface area (Å²) in [5.41, 5.74) is 2.72. The van der Waals surface area contributed by atoms with E-state index in [9.17, 15) is 14.0 Å². The Balaban J connectivity index is 1.67. The van der Waals surface area contributed by atoms with E-state index in [0.29, 0.717) is 29.8 Å². The Kier molecular flexibility index (Phi) is 5.92. The average Bonchev–Trinajstić information content (AvgIpc) is 2.98. The zero-order valence-corrected chi connectivity index (χ0v) is 18.0. The quantitative estimate of drug-likeness (QED) is 0.668. The Morgan fingerprint density at radius 2 is 1.87 bits per heavy atom. The fourth-order valence-corrected chi connectivity index (χ4v) is 2.99. The minimum Gasteiger partial charge on any atom is -0.352 e. The number of nitrogens with zero attached hydrogens (tertiary/aromatic N) is 2. The van der Waals surface area contributed by atoms with Crippen LogP contribution >= 0.6 is 0 Å². The predicted octanol–water partition coefficient (Wildman–Crippen LogP) is 3.98. The largest absolute Gasteiger partial charge is 0.352 e. The Hall–Kier alpha value is -3.22. The van der Waals surface area contributed by atoms with Crippen LogP contribution in [0.25, 0.3) is 11.0 Å². The molecule has 0 radical (unpaired) electrons. The van der Waals surface area contributed by atoms with E-state index < -0.39 is 11.2 Å². The van der Waals surface area contributed by atoms with Crippen LogP contribution in [-0.4, -0.2) is 27.9 Å². The normalized spacial score (nSPS) is 11.5. The fraction of sp³-hybridized carbons (Fsp3) is 0.348. The molecule has 0 fully saturated rings. The molecule has 6 nitrogen and oxygen atoms in total. The Morgan fingerprint density at radius 3 is 2.53 bits per heavy atom. The Bertz CT molecular complexity index is 1110. The minimum atomic E-state index is -0.483. The first kappa shape index (κ1) is 21.5. The van der Waals surface area contributed by atoms with Crippen molar-refractivity contribution >= 4 is 28.5 Å². The smallest absolute Gasteiger partial charge is 0.251 e. The monoisotopic (exact) mass is 410 g/mol. The first-order valence-electron chi connectivity index (χ1n) is 9.87. The van der Waals surface area contributed by atoms with Crippen LogP contribution < -0.4 is 10.6 Å². The molecule has 3 aromatic rings. The number of aryl methyl sites for hydroxylation is 2. The molecule has 0 saturated heterocycles. The summed E-state index contributed by atoms with van der Waals surface area (Å²) < 4.78 is 15.6. The zero-order valence-electron chi connectivity index (χ0n) is 18.0. The van der Waals surface area contributed by atoms with Gasteiger partial charge < -0.3 is 15.2 Å². The van der Waals surface area contributed by atoms with Crippen molar-refractivity contribution in [2.75, 3.05) is 11.9 Å². The molecule has 0 spiro atoms. The number of carbonyl (C=O) groups is 2. The van der Waals surface area contributed by atoms with Crippen molar-refractivity contribution in [1.29, 1.82) is 0 Å². The van der Waals surface area contributed by atoms with Crippen molar-refractivity contribution in [2.45, 2.75) is 34.1 Å². The van der Waals surface area contributed by atoms with Gasteiger partial charge >= 0.3 is 0 Å². The SMILES string of the molecule is Cc1ccc(C(=O)NCCc2nc3cc(NC(=O)C(C)(C)C)ccc3n2C)cc1F. The molecule has 2 aromatic carbocycles. The number of rotatable bonds is 5. The highest BCUT2D eigenvalue weighted by molar-refractivity contribution is 5.96. The van der Waals surface area contributed by atoms with E-state index in [4.69, 9.17) is 0 Å². The van der Waals surface area contributed by atoms with Gasteiger partial charge in [-0.25, -0.2) is 9.37 Å². The minimum absolute atomic E-state index is 0.0618. The third-order valence-corrected chi connectivity index (χ3v) is 4.98. The van der Waals surface area contributed by atoms with E-state index in [2.05, 4.69) is 15.6 Å². The van der Waals surface area contributed by atoms with Crippen molar-refractivity contribution in [3.8, 4) is 0 Å². The van der Waals surface area contributed by atoms with Gasteiger partial charge in [0.1, 0.15) is 11.6 Å². The zero-order chi connectivity index (χ0) is 22.1. The average molecular weight is 410 g/mol. The standard InChI is InChI=1S/C23H27FN4O2/c1-14-6-7-15(12-17(14)24)21(29)25-11-10-20-27-18-13-16(8-9-19(18)28(20)5)26-22(30)23(2,3)4/h6-9,12-13H,10-11H2,1-5H3,(H,25,29)(H,26,30). The van der Waals surface area contributed by atoms with Crippen LogP contribution in [0.4, 0.5) is 10.1 Å². The number of nitrogens with one attached hydrogen (secondary N) is 2. The summed E-state index contributed by atoms with van der Waals surface area (Å²) in [6.07, 6.45) is 0.523. The second-order valence-corrected chi connectivity index (χ2v) is 8.46. The van der Waals surface area contributed by atoms with Crippen molar-refractivity contribution < 1.29 is 14.0 Å². The second-order valence-electron chi connectivity index (χ2n) is 8.46. The number of amides is 2. The van der Waals surface area contributed by atoms with Crippen LogP contribution in [0, 0.1) is 18.2 Å². The van der Waals surface area contributed by atoms with Gasteiger partial charge in [-0.15, -0.1) is 0 Å². The molecule has 0 aliphatic heterocycles. The number of halogens is 1. The predicted molar refractivity (Wildman–Crippen MR) is 116 cm³/mol. The first-order chi connectivity index (χ1) is 14.1. The lowest BCUT2D eigenvalue weighted by Crippen LogP contribution is -2.27. The van der Waals surface area contributed by atoms with Gasteiger partial charge in [-0.2, -0.15) is 0 Å². The van der Waals surface area contributed by atoms with Gasteiger partial charge in [0.25, 0.3) is 5.91 Å². The topological polar surface area (TPSA) is 76.0 Å². The van der Waals surface area contributed by atoms with Crippen molar-refractivity contribution in [2.24, 2.45) is 12.5 Å². The molecule has 2 amide bonds. The summed E-state index contributed by atoms with van der Waals surface area (Å²) >= 11 is 0. The molecule has 0 aliphatic rings. The van der Waals surface area contributed by atoms with E-state index in [0.717, 1.165) is 16.9 Å². The summed E-state index contributed by atoms with van der Waals surface area (Å²) in [5, 5.41) is 5.72. The molecule has 7 heteroatoms. The molecule has 0 aliphatic carbocycles. The van der Waals surface area contributed by atoms with Crippen LogP contribution in [-0.2, 0) is 18.3 Å². The number of hydrogen-bond acceptors (Lipinski definition) is 3. The lowest BCUT2D eigenvalue weighted by atomic mass is 9.95. The van der Waals surface area contributed by atoms with Gasteiger partial charge in [0.15, 0.2) is 0 Å². The van der Waals surface area contributed by atoms with E-state index in [1.165, 1.54) is 6.07 Å². The van der Waals surface area contributed by atoms with Crippen LogP contribution in [0.5, 0.6) is 0 Å².